The SMILES string of the molecule is CCC(CC)c1cccc(CC(N)C(=O)O)c1. The maximum absolute atomic E-state index is 10.7. The van der Waals surface area contributed by atoms with Gasteiger partial charge in [-0.25, -0.2) is 0 Å². The molecule has 0 aliphatic carbocycles. The Morgan fingerprint density at radius 1 is 1.35 bits per heavy atom. The van der Waals surface area contributed by atoms with E-state index in [9.17, 15) is 4.79 Å². The minimum Gasteiger partial charge on any atom is -0.480 e. The van der Waals surface area contributed by atoms with Crippen LogP contribution in [0.5, 0.6) is 0 Å². The first kappa shape index (κ1) is 13.7. The zero-order chi connectivity index (χ0) is 12.8. The Kier molecular flexibility index (Phi) is 5.16. The molecule has 1 unspecified atom stereocenters. The molecule has 1 atom stereocenters. The molecule has 0 saturated carbocycles. The molecule has 0 spiro atoms. The van der Waals surface area contributed by atoms with Crippen molar-refractivity contribution in [2.75, 3.05) is 0 Å². The number of aliphatic carboxylic acids is 1. The summed E-state index contributed by atoms with van der Waals surface area (Å²) in [5, 5.41) is 8.79. The van der Waals surface area contributed by atoms with Crippen molar-refractivity contribution in [3.8, 4) is 0 Å². The molecule has 0 saturated heterocycles. The summed E-state index contributed by atoms with van der Waals surface area (Å²) >= 11 is 0. The summed E-state index contributed by atoms with van der Waals surface area (Å²) in [5.41, 5.74) is 7.83. The van der Waals surface area contributed by atoms with Gasteiger partial charge in [-0.15, -0.1) is 0 Å². The van der Waals surface area contributed by atoms with Crippen molar-refractivity contribution >= 4 is 5.97 Å². The van der Waals surface area contributed by atoms with Crippen molar-refractivity contribution in [3.05, 3.63) is 35.4 Å². The number of rotatable bonds is 6. The minimum absolute atomic E-state index is 0.392. The van der Waals surface area contributed by atoms with E-state index in [2.05, 4.69) is 26.0 Å². The van der Waals surface area contributed by atoms with Crippen LogP contribution in [0.25, 0.3) is 0 Å². The molecule has 17 heavy (non-hydrogen) atoms. The Morgan fingerprint density at radius 2 is 2.00 bits per heavy atom. The molecule has 1 rings (SSSR count). The Hall–Kier alpha value is -1.35. The van der Waals surface area contributed by atoms with Crippen LogP contribution in [0.2, 0.25) is 0 Å². The molecule has 0 aliphatic rings. The average molecular weight is 235 g/mol. The third-order valence-electron chi connectivity index (χ3n) is 3.18. The molecule has 0 amide bonds. The maximum atomic E-state index is 10.7. The second-order valence-electron chi connectivity index (χ2n) is 4.41. The van der Waals surface area contributed by atoms with Crippen molar-refractivity contribution in [1.29, 1.82) is 0 Å². The van der Waals surface area contributed by atoms with E-state index in [1.807, 2.05) is 12.1 Å². The van der Waals surface area contributed by atoms with Gasteiger partial charge in [-0.3, -0.25) is 4.79 Å². The smallest absolute Gasteiger partial charge is 0.320 e. The van der Waals surface area contributed by atoms with E-state index < -0.39 is 12.0 Å². The Labute approximate surface area is 103 Å². The van der Waals surface area contributed by atoms with Crippen LogP contribution < -0.4 is 5.73 Å². The van der Waals surface area contributed by atoms with E-state index in [0.29, 0.717) is 12.3 Å². The first-order chi connectivity index (χ1) is 8.08. The first-order valence-corrected chi connectivity index (χ1v) is 6.15. The van der Waals surface area contributed by atoms with Gasteiger partial charge in [0.15, 0.2) is 0 Å². The van der Waals surface area contributed by atoms with Crippen molar-refractivity contribution < 1.29 is 9.90 Å². The number of carboxylic acid groups (broad SMARTS) is 1. The van der Waals surface area contributed by atoms with Crippen LogP contribution >= 0.6 is 0 Å². The third-order valence-corrected chi connectivity index (χ3v) is 3.18. The molecule has 1 aromatic rings. The molecule has 3 nitrogen and oxygen atoms in total. The van der Waals surface area contributed by atoms with Gasteiger partial charge in [0.1, 0.15) is 6.04 Å². The summed E-state index contributed by atoms with van der Waals surface area (Å²) in [7, 11) is 0. The summed E-state index contributed by atoms with van der Waals surface area (Å²) in [5.74, 6) is -0.395. The molecular weight excluding hydrogens is 214 g/mol. The van der Waals surface area contributed by atoms with E-state index >= 15 is 0 Å². The molecule has 0 aliphatic heterocycles. The third kappa shape index (κ3) is 3.86. The van der Waals surface area contributed by atoms with Crippen molar-refractivity contribution in [2.45, 2.75) is 45.1 Å². The quantitative estimate of drug-likeness (QED) is 0.796. The molecule has 0 heterocycles. The predicted octanol–water partition coefficient (Wildman–Crippen LogP) is 2.54. The van der Waals surface area contributed by atoms with Gasteiger partial charge in [0.05, 0.1) is 0 Å². The van der Waals surface area contributed by atoms with E-state index in [1.54, 1.807) is 0 Å². The Bertz CT molecular complexity index is 372. The molecule has 0 radical (unpaired) electrons. The van der Waals surface area contributed by atoms with Crippen molar-refractivity contribution in [3.63, 3.8) is 0 Å². The van der Waals surface area contributed by atoms with E-state index in [1.165, 1.54) is 5.56 Å². The lowest BCUT2D eigenvalue weighted by molar-refractivity contribution is -0.138. The predicted molar refractivity (Wildman–Crippen MR) is 69.1 cm³/mol. The molecular formula is C14H21NO2. The second-order valence-corrected chi connectivity index (χ2v) is 4.41. The van der Waals surface area contributed by atoms with Crippen LogP contribution in [0.4, 0.5) is 0 Å². The lowest BCUT2D eigenvalue weighted by Crippen LogP contribution is -2.32. The van der Waals surface area contributed by atoms with Gasteiger partial charge in [-0.1, -0.05) is 38.1 Å². The number of hydrogen-bond donors (Lipinski definition) is 2. The lowest BCUT2D eigenvalue weighted by Gasteiger charge is -2.14. The molecule has 0 bridgehead atoms. The lowest BCUT2D eigenvalue weighted by atomic mass is 9.92. The van der Waals surface area contributed by atoms with Gasteiger partial charge in [-0.05, 0) is 36.3 Å². The van der Waals surface area contributed by atoms with Gasteiger partial charge in [0.25, 0.3) is 0 Å². The highest BCUT2D eigenvalue weighted by molar-refractivity contribution is 5.73. The highest BCUT2D eigenvalue weighted by Gasteiger charge is 2.13. The zero-order valence-corrected chi connectivity index (χ0v) is 10.5. The molecule has 3 heteroatoms. The molecule has 0 aromatic heterocycles. The summed E-state index contributed by atoms with van der Waals surface area (Å²) in [4.78, 5) is 10.7. The van der Waals surface area contributed by atoms with Crippen LogP contribution in [0.3, 0.4) is 0 Å². The average Bonchev–Trinajstić information content (AvgIpc) is 2.31. The molecule has 94 valence electrons. The summed E-state index contributed by atoms with van der Waals surface area (Å²) in [6, 6.07) is 7.30. The number of nitrogens with two attached hydrogens (primary N) is 1. The van der Waals surface area contributed by atoms with Crippen molar-refractivity contribution in [2.24, 2.45) is 5.73 Å². The first-order valence-electron chi connectivity index (χ1n) is 6.15. The summed E-state index contributed by atoms with van der Waals surface area (Å²) < 4.78 is 0. The standard InChI is InChI=1S/C14H21NO2/c1-3-11(4-2)12-7-5-6-10(8-12)9-13(15)14(16)17/h5-8,11,13H,3-4,9,15H2,1-2H3,(H,16,17). The Balaban J connectivity index is 2.82. The van der Waals surface area contributed by atoms with Gasteiger partial charge in [-0.2, -0.15) is 0 Å². The van der Waals surface area contributed by atoms with Crippen molar-refractivity contribution in [1.82, 2.24) is 0 Å². The number of carbonyl (C=O) groups is 1. The van der Waals surface area contributed by atoms with Crippen LogP contribution in [0.15, 0.2) is 24.3 Å². The fourth-order valence-electron chi connectivity index (χ4n) is 2.08. The van der Waals surface area contributed by atoms with E-state index in [-0.39, 0.29) is 0 Å². The summed E-state index contributed by atoms with van der Waals surface area (Å²) in [6.45, 7) is 4.34. The van der Waals surface area contributed by atoms with Gasteiger partial charge in [0.2, 0.25) is 0 Å². The van der Waals surface area contributed by atoms with Crippen LogP contribution in [-0.4, -0.2) is 17.1 Å². The summed E-state index contributed by atoms with van der Waals surface area (Å²) in [6.07, 6.45) is 2.60. The molecule has 0 fully saturated rings. The monoisotopic (exact) mass is 235 g/mol. The number of benzene rings is 1. The van der Waals surface area contributed by atoms with Gasteiger partial charge in [0, 0.05) is 0 Å². The molecule has 1 aromatic carbocycles. The second kappa shape index (κ2) is 6.40. The highest BCUT2D eigenvalue weighted by atomic mass is 16.4. The minimum atomic E-state index is -0.946. The fraction of sp³-hybridized carbons (Fsp3) is 0.500. The highest BCUT2D eigenvalue weighted by Crippen LogP contribution is 2.23. The van der Waals surface area contributed by atoms with E-state index in [4.69, 9.17) is 10.8 Å². The van der Waals surface area contributed by atoms with Crippen LogP contribution in [0.1, 0.15) is 43.7 Å². The number of hydrogen-bond acceptors (Lipinski definition) is 2. The van der Waals surface area contributed by atoms with Gasteiger partial charge >= 0.3 is 5.97 Å². The van der Waals surface area contributed by atoms with Crippen LogP contribution in [0, 0.1) is 0 Å². The number of carboxylic acids is 1. The zero-order valence-electron chi connectivity index (χ0n) is 10.5. The topological polar surface area (TPSA) is 63.3 Å². The normalized spacial score (nSPS) is 12.7. The van der Waals surface area contributed by atoms with Gasteiger partial charge < -0.3 is 10.8 Å². The fourth-order valence-corrected chi connectivity index (χ4v) is 2.08. The molecule has 3 N–H and O–H groups in total. The van der Waals surface area contributed by atoms with E-state index in [0.717, 1.165) is 18.4 Å². The van der Waals surface area contributed by atoms with Crippen LogP contribution in [-0.2, 0) is 11.2 Å². The maximum Gasteiger partial charge on any atom is 0.320 e. The Morgan fingerprint density at radius 3 is 2.53 bits per heavy atom. The largest absolute Gasteiger partial charge is 0.480 e.